The van der Waals surface area contributed by atoms with Gasteiger partial charge in [-0.25, -0.2) is 4.98 Å². The highest BCUT2D eigenvalue weighted by Gasteiger charge is 2.12. The Morgan fingerprint density at radius 1 is 1.33 bits per heavy atom. The van der Waals surface area contributed by atoms with Gasteiger partial charge in [-0.15, -0.1) is 0 Å². The van der Waals surface area contributed by atoms with Crippen LogP contribution < -0.4 is 11.1 Å². The fraction of sp³-hybridized carbons (Fsp3) is 0.250. The number of carbonyl (C=O) groups excluding carboxylic acids is 1. The average Bonchev–Trinajstić information content (AvgIpc) is 2.49. The Bertz CT molecular complexity index is 626. The first-order valence-electron chi connectivity index (χ1n) is 6.91. The fourth-order valence-corrected chi connectivity index (χ4v) is 2.15. The standard InChI is InChI=1S/C16H18ClN3O/c1-2-3-4-11-5-7-13(8-6-11)20-16(21)14-9-12(18)10-19-15(14)17/h5-10H,2-4,18H2,1H3,(H,20,21). The number of aromatic nitrogens is 1. The summed E-state index contributed by atoms with van der Waals surface area (Å²) in [6.45, 7) is 2.16. The molecule has 1 heterocycles. The van der Waals surface area contributed by atoms with Crippen LogP contribution in [0.15, 0.2) is 36.5 Å². The van der Waals surface area contributed by atoms with Crippen LogP contribution >= 0.6 is 11.6 Å². The average molecular weight is 304 g/mol. The summed E-state index contributed by atoms with van der Waals surface area (Å²) in [6.07, 6.45) is 4.80. The van der Waals surface area contributed by atoms with Gasteiger partial charge < -0.3 is 11.1 Å². The molecule has 0 aliphatic carbocycles. The molecule has 4 nitrogen and oxygen atoms in total. The van der Waals surface area contributed by atoms with Gasteiger partial charge in [0.2, 0.25) is 0 Å². The molecule has 0 saturated carbocycles. The highest BCUT2D eigenvalue weighted by molar-refractivity contribution is 6.33. The molecule has 5 heteroatoms. The zero-order chi connectivity index (χ0) is 15.2. The molecule has 2 rings (SSSR count). The molecule has 1 aromatic heterocycles. The highest BCUT2D eigenvalue weighted by Crippen LogP contribution is 2.18. The van der Waals surface area contributed by atoms with E-state index >= 15 is 0 Å². The summed E-state index contributed by atoms with van der Waals surface area (Å²) >= 11 is 5.91. The van der Waals surface area contributed by atoms with Gasteiger partial charge in [0.15, 0.2) is 0 Å². The number of anilines is 2. The third-order valence-corrected chi connectivity index (χ3v) is 3.44. The molecule has 3 N–H and O–H groups in total. The van der Waals surface area contributed by atoms with Crippen LogP contribution in [0.4, 0.5) is 11.4 Å². The number of halogens is 1. The van der Waals surface area contributed by atoms with Crippen LogP contribution in [0.5, 0.6) is 0 Å². The zero-order valence-electron chi connectivity index (χ0n) is 11.9. The third kappa shape index (κ3) is 4.20. The summed E-state index contributed by atoms with van der Waals surface area (Å²) in [5.41, 5.74) is 8.28. The lowest BCUT2D eigenvalue weighted by atomic mass is 10.1. The number of nitrogens with zero attached hydrogens (tertiary/aromatic N) is 1. The van der Waals surface area contributed by atoms with Crippen molar-refractivity contribution in [3.05, 3.63) is 52.8 Å². The van der Waals surface area contributed by atoms with E-state index < -0.39 is 0 Å². The van der Waals surface area contributed by atoms with Gasteiger partial charge in [-0.05, 0) is 36.6 Å². The van der Waals surface area contributed by atoms with Gasteiger partial charge in [0.05, 0.1) is 17.4 Å². The Labute approximate surface area is 129 Å². The number of unbranched alkanes of at least 4 members (excludes halogenated alkanes) is 1. The molecule has 0 radical (unpaired) electrons. The molecule has 1 amide bonds. The number of rotatable bonds is 5. The number of nitrogens with two attached hydrogens (primary N) is 1. The van der Waals surface area contributed by atoms with Crippen molar-refractivity contribution >= 4 is 28.9 Å². The lowest BCUT2D eigenvalue weighted by Gasteiger charge is -2.08. The summed E-state index contributed by atoms with van der Waals surface area (Å²) in [7, 11) is 0. The Morgan fingerprint density at radius 3 is 2.71 bits per heavy atom. The second kappa shape index (κ2) is 7.09. The van der Waals surface area contributed by atoms with E-state index in [1.165, 1.54) is 24.2 Å². The van der Waals surface area contributed by atoms with Gasteiger partial charge in [0.25, 0.3) is 5.91 Å². The molecule has 0 aliphatic rings. The number of hydrogen-bond acceptors (Lipinski definition) is 3. The van der Waals surface area contributed by atoms with Crippen molar-refractivity contribution < 1.29 is 4.79 Å². The SMILES string of the molecule is CCCCc1ccc(NC(=O)c2cc(N)cnc2Cl)cc1. The molecular formula is C16H18ClN3O. The van der Waals surface area contributed by atoms with Crippen molar-refractivity contribution in [2.75, 3.05) is 11.1 Å². The van der Waals surface area contributed by atoms with Crippen molar-refractivity contribution in [3.8, 4) is 0 Å². The Hall–Kier alpha value is -2.07. The van der Waals surface area contributed by atoms with Gasteiger partial charge in [-0.2, -0.15) is 0 Å². The normalized spacial score (nSPS) is 10.4. The number of pyridine rings is 1. The Balaban J connectivity index is 2.07. The summed E-state index contributed by atoms with van der Waals surface area (Å²) in [4.78, 5) is 16.0. The predicted molar refractivity (Wildman–Crippen MR) is 86.7 cm³/mol. The van der Waals surface area contributed by atoms with Crippen molar-refractivity contribution in [2.24, 2.45) is 0 Å². The van der Waals surface area contributed by atoms with Crippen LogP contribution in [-0.2, 0) is 6.42 Å². The lowest BCUT2D eigenvalue weighted by molar-refractivity contribution is 0.102. The maximum Gasteiger partial charge on any atom is 0.258 e. The highest BCUT2D eigenvalue weighted by atomic mass is 35.5. The van der Waals surface area contributed by atoms with Gasteiger partial charge in [-0.3, -0.25) is 4.79 Å². The van der Waals surface area contributed by atoms with Crippen molar-refractivity contribution in [2.45, 2.75) is 26.2 Å². The molecule has 0 unspecified atom stereocenters. The first-order valence-corrected chi connectivity index (χ1v) is 7.29. The van der Waals surface area contributed by atoms with Crippen LogP contribution in [0.25, 0.3) is 0 Å². The second-order valence-electron chi connectivity index (χ2n) is 4.86. The van der Waals surface area contributed by atoms with Crippen molar-refractivity contribution in [3.63, 3.8) is 0 Å². The summed E-state index contributed by atoms with van der Waals surface area (Å²) in [5.74, 6) is -0.318. The quantitative estimate of drug-likeness (QED) is 0.823. The van der Waals surface area contributed by atoms with Gasteiger partial charge in [-0.1, -0.05) is 37.1 Å². The van der Waals surface area contributed by atoms with Crippen LogP contribution in [0, 0.1) is 0 Å². The maximum absolute atomic E-state index is 12.2. The molecule has 21 heavy (non-hydrogen) atoms. The number of aryl methyl sites for hydroxylation is 1. The molecular weight excluding hydrogens is 286 g/mol. The number of hydrogen-bond donors (Lipinski definition) is 2. The smallest absolute Gasteiger partial charge is 0.258 e. The fourth-order valence-electron chi connectivity index (χ4n) is 1.96. The Kier molecular flexibility index (Phi) is 5.17. The molecule has 1 aromatic carbocycles. The van der Waals surface area contributed by atoms with Crippen molar-refractivity contribution in [1.29, 1.82) is 0 Å². The van der Waals surface area contributed by atoms with E-state index in [0.29, 0.717) is 5.69 Å². The first-order chi connectivity index (χ1) is 10.1. The zero-order valence-corrected chi connectivity index (χ0v) is 12.7. The number of carbonyl (C=O) groups is 1. The topological polar surface area (TPSA) is 68.0 Å². The Morgan fingerprint density at radius 2 is 2.05 bits per heavy atom. The molecule has 0 aliphatic heterocycles. The van der Waals surface area contributed by atoms with Crippen molar-refractivity contribution in [1.82, 2.24) is 4.98 Å². The summed E-state index contributed by atoms with van der Waals surface area (Å²) < 4.78 is 0. The predicted octanol–water partition coefficient (Wildman–Crippen LogP) is 3.91. The number of nitrogens with one attached hydrogen (secondary N) is 1. The monoisotopic (exact) mass is 303 g/mol. The minimum absolute atomic E-state index is 0.140. The minimum atomic E-state index is -0.318. The van der Waals surface area contributed by atoms with Crippen LogP contribution in [0.3, 0.4) is 0 Å². The third-order valence-electron chi connectivity index (χ3n) is 3.14. The summed E-state index contributed by atoms with van der Waals surface area (Å²) in [5, 5.41) is 2.93. The molecule has 110 valence electrons. The van der Waals surface area contributed by atoms with E-state index in [-0.39, 0.29) is 16.6 Å². The number of nitrogen functional groups attached to an aromatic ring is 1. The van der Waals surface area contributed by atoms with E-state index in [1.54, 1.807) is 0 Å². The molecule has 0 fully saturated rings. The van der Waals surface area contributed by atoms with Crippen LogP contribution in [-0.4, -0.2) is 10.9 Å². The molecule has 0 saturated heterocycles. The van der Waals surface area contributed by atoms with Gasteiger partial charge >= 0.3 is 0 Å². The maximum atomic E-state index is 12.2. The molecule has 0 atom stereocenters. The van der Waals surface area contributed by atoms with Gasteiger partial charge in [0, 0.05) is 5.69 Å². The van der Waals surface area contributed by atoms with E-state index in [2.05, 4.69) is 17.2 Å². The molecule has 0 bridgehead atoms. The lowest BCUT2D eigenvalue weighted by Crippen LogP contribution is -2.13. The van der Waals surface area contributed by atoms with E-state index in [9.17, 15) is 4.79 Å². The number of benzene rings is 1. The molecule has 2 aromatic rings. The van der Waals surface area contributed by atoms with E-state index in [0.717, 1.165) is 18.5 Å². The second-order valence-corrected chi connectivity index (χ2v) is 5.22. The van der Waals surface area contributed by atoms with Crippen LogP contribution in [0.1, 0.15) is 35.7 Å². The van der Waals surface area contributed by atoms with E-state index in [4.69, 9.17) is 17.3 Å². The number of amides is 1. The largest absolute Gasteiger partial charge is 0.397 e. The minimum Gasteiger partial charge on any atom is -0.397 e. The van der Waals surface area contributed by atoms with Gasteiger partial charge in [0.1, 0.15) is 5.15 Å². The van der Waals surface area contributed by atoms with E-state index in [1.807, 2.05) is 24.3 Å². The molecule has 0 spiro atoms. The van der Waals surface area contributed by atoms with Crippen LogP contribution in [0.2, 0.25) is 5.15 Å². The summed E-state index contributed by atoms with van der Waals surface area (Å²) in [6, 6.07) is 9.32. The first kappa shape index (κ1) is 15.3.